The lowest BCUT2D eigenvalue weighted by Crippen LogP contribution is -2.14. The highest BCUT2D eigenvalue weighted by Gasteiger charge is 2.44. The Labute approximate surface area is 62.2 Å². The molecule has 0 aromatic carbocycles. The number of hydrogen-bond acceptors (Lipinski definition) is 6. The van der Waals surface area contributed by atoms with Gasteiger partial charge in [-0.05, 0) is 12.0 Å². The second-order valence-electron chi connectivity index (χ2n) is 1.82. The first-order chi connectivity index (χ1) is 5.03. The summed E-state index contributed by atoms with van der Waals surface area (Å²) in [7, 11) is -3.74. The van der Waals surface area contributed by atoms with E-state index < -0.39 is 13.8 Å². The highest BCUT2D eigenvalue weighted by Crippen LogP contribution is 2.57. The molecular weight excluding hydrogens is 175 g/mol. The predicted octanol–water partition coefficient (Wildman–Crippen LogP) is 1.11. The monoisotopic (exact) mass is 180 g/mol. The Morgan fingerprint density at radius 1 is 1.55 bits per heavy atom. The van der Waals surface area contributed by atoms with Gasteiger partial charge in [0.15, 0.2) is 0 Å². The zero-order chi connectivity index (χ0) is 8.48. The molecule has 1 heterocycles. The lowest BCUT2D eigenvalue weighted by molar-refractivity contribution is -0.497. The van der Waals surface area contributed by atoms with Crippen molar-refractivity contribution in [1.29, 1.82) is 0 Å². The van der Waals surface area contributed by atoms with Crippen molar-refractivity contribution in [2.75, 3.05) is 0 Å². The quantitative estimate of drug-likeness (QED) is 0.360. The molecule has 1 fully saturated rings. The van der Waals surface area contributed by atoms with Crippen LogP contribution in [0.3, 0.4) is 0 Å². The van der Waals surface area contributed by atoms with Crippen LogP contribution in [-0.2, 0) is 28.3 Å². The lowest BCUT2D eigenvalue weighted by Gasteiger charge is -2.19. The first kappa shape index (κ1) is 8.42. The Kier molecular flexibility index (Phi) is 2.10. The van der Waals surface area contributed by atoms with Gasteiger partial charge >= 0.3 is 13.8 Å². The van der Waals surface area contributed by atoms with Crippen molar-refractivity contribution in [3.8, 4) is 0 Å². The van der Waals surface area contributed by atoms with Crippen LogP contribution in [-0.4, -0.2) is 5.97 Å². The molecule has 0 radical (unpaired) electrons. The van der Waals surface area contributed by atoms with Gasteiger partial charge in [-0.3, -0.25) is 0 Å². The Morgan fingerprint density at radius 2 is 2.09 bits per heavy atom. The van der Waals surface area contributed by atoms with Crippen LogP contribution < -0.4 is 0 Å². The van der Waals surface area contributed by atoms with Gasteiger partial charge < -0.3 is 4.52 Å². The van der Waals surface area contributed by atoms with Crippen molar-refractivity contribution in [3.05, 3.63) is 12.2 Å². The second-order valence-corrected chi connectivity index (χ2v) is 3.20. The topological polar surface area (TPSA) is 71.1 Å². The molecule has 0 aromatic heterocycles. The van der Waals surface area contributed by atoms with E-state index >= 15 is 0 Å². The van der Waals surface area contributed by atoms with E-state index in [-0.39, 0.29) is 5.57 Å². The van der Waals surface area contributed by atoms with E-state index in [0.29, 0.717) is 0 Å². The van der Waals surface area contributed by atoms with E-state index in [1.54, 1.807) is 0 Å². The summed E-state index contributed by atoms with van der Waals surface area (Å²) in [5.74, 6) is -0.850. The Morgan fingerprint density at radius 3 is 2.36 bits per heavy atom. The SMILES string of the molecule is C=C(C)C(=O)OP1(=O)OOO1. The third kappa shape index (κ3) is 1.87. The smallest absolute Gasteiger partial charge is 0.364 e. The largest absolute Gasteiger partial charge is 0.592 e. The van der Waals surface area contributed by atoms with Crippen LogP contribution in [0.1, 0.15) is 6.92 Å². The van der Waals surface area contributed by atoms with Crippen molar-refractivity contribution in [2.45, 2.75) is 6.92 Å². The molecule has 1 aliphatic rings. The summed E-state index contributed by atoms with van der Waals surface area (Å²) in [6.07, 6.45) is 0. The summed E-state index contributed by atoms with van der Waals surface area (Å²) in [5, 5.41) is 3.65. The molecule has 0 aliphatic carbocycles. The normalized spacial score (nSPS) is 20.1. The van der Waals surface area contributed by atoms with Crippen LogP contribution >= 0.6 is 7.82 Å². The molecule has 0 unspecified atom stereocenters. The van der Waals surface area contributed by atoms with Gasteiger partial charge in [0.05, 0.1) is 0 Å². The molecular formula is C4H5O6P. The number of carbonyl (C=O) groups is 1. The fourth-order valence-electron chi connectivity index (χ4n) is 0.290. The Bertz CT molecular complexity index is 237. The van der Waals surface area contributed by atoms with Gasteiger partial charge in [0, 0.05) is 5.57 Å². The third-order valence-corrected chi connectivity index (χ3v) is 1.66. The van der Waals surface area contributed by atoms with Gasteiger partial charge in [0.2, 0.25) is 0 Å². The summed E-state index contributed by atoms with van der Waals surface area (Å²) < 4.78 is 22.7. The Balaban J connectivity index is 2.48. The maximum absolute atomic E-state index is 10.7. The van der Waals surface area contributed by atoms with Gasteiger partial charge in [-0.15, -0.1) is 0 Å². The average Bonchev–Trinajstić information content (AvgIpc) is 1.84. The van der Waals surface area contributed by atoms with Crippen LogP contribution in [0.2, 0.25) is 0 Å². The van der Waals surface area contributed by atoms with E-state index in [2.05, 4.69) is 25.5 Å². The van der Waals surface area contributed by atoms with Crippen molar-refractivity contribution in [1.82, 2.24) is 0 Å². The predicted molar refractivity (Wildman–Crippen MR) is 31.8 cm³/mol. The highest BCUT2D eigenvalue weighted by molar-refractivity contribution is 7.49. The minimum absolute atomic E-state index is 0.0966. The number of phosphoric acid groups is 1. The maximum atomic E-state index is 10.7. The molecule has 62 valence electrons. The molecule has 0 saturated carbocycles. The summed E-state index contributed by atoms with van der Waals surface area (Å²) in [4.78, 5) is 10.6. The van der Waals surface area contributed by atoms with Gasteiger partial charge in [0.1, 0.15) is 0 Å². The van der Waals surface area contributed by atoms with Crippen LogP contribution in [0.5, 0.6) is 0 Å². The van der Waals surface area contributed by atoms with Crippen molar-refractivity contribution < 1.29 is 28.3 Å². The summed E-state index contributed by atoms with van der Waals surface area (Å²) >= 11 is 0. The summed E-state index contributed by atoms with van der Waals surface area (Å²) in [5.41, 5.74) is 0.0966. The summed E-state index contributed by atoms with van der Waals surface area (Å²) in [6, 6.07) is 0. The van der Waals surface area contributed by atoms with Gasteiger partial charge in [0.25, 0.3) is 0 Å². The van der Waals surface area contributed by atoms with Crippen molar-refractivity contribution in [2.24, 2.45) is 0 Å². The van der Waals surface area contributed by atoms with Gasteiger partial charge in [-0.2, -0.15) is 0 Å². The average molecular weight is 180 g/mol. The zero-order valence-electron chi connectivity index (χ0n) is 5.60. The molecule has 0 atom stereocenters. The molecule has 11 heavy (non-hydrogen) atoms. The molecule has 0 N–H and O–H groups in total. The van der Waals surface area contributed by atoms with Crippen molar-refractivity contribution in [3.63, 3.8) is 0 Å². The number of rotatable bonds is 2. The van der Waals surface area contributed by atoms with Crippen LogP contribution in [0.15, 0.2) is 12.2 Å². The van der Waals surface area contributed by atoms with E-state index in [1.807, 2.05) is 0 Å². The number of hydrogen-bond donors (Lipinski definition) is 0. The molecule has 1 rings (SSSR count). The second kappa shape index (κ2) is 2.75. The first-order valence-corrected chi connectivity index (χ1v) is 4.04. The fourth-order valence-corrected chi connectivity index (χ4v) is 0.870. The molecule has 0 spiro atoms. The highest BCUT2D eigenvalue weighted by atomic mass is 31.2. The molecule has 0 bridgehead atoms. The first-order valence-electron chi connectivity index (χ1n) is 2.58. The lowest BCUT2D eigenvalue weighted by atomic mass is 10.4. The fraction of sp³-hybridized carbons (Fsp3) is 0.250. The van der Waals surface area contributed by atoms with Gasteiger partial charge in [-0.25, -0.2) is 9.36 Å². The van der Waals surface area contributed by atoms with Crippen LogP contribution in [0.25, 0.3) is 0 Å². The molecule has 1 aliphatic heterocycles. The minimum atomic E-state index is -3.74. The van der Waals surface area contributed by atoms with Gasteiger partial charge in [-0.1, -0.05) is 15.9 Å². The molecule has 7 heteroatoms. The Hall–Kier alpha value is -0.680. The van der Waals surface area contributed by atoms with E-state index in [1.165, 1.54) is 6.92 Å². The zero-order valence-corrected chi connectivity index (χ0v) is 6.50. The van der Waals surface area contributed by atoms with E-state index in [4.69, 9.17) is 0 Å². The standard InChI is InChI=1S/C4H5O6P/c1-3(2)4(5)7-11(6)9-8-10-11/h1H2,2H3. The van der Waals surface area contributed by atoms with Crippen LogP contribution in [0, 0.1) is 0 Å². The third-order valence-electron chi connectivity index (χ3n) is 0.787. The molecule has 0 aromatic rings. The molecule has 6 nitrogen and oxygen atoms in total. The maximum Gasteiger partial charge on any atom is 0.592 e. The summed E-state index contributed by atoms with van der Waals surface area (Å²) in [6.45, 7) is 4.65. The number of carbonyl (C=O) groups excluding carboxylic acids is 1. The van der Waals surface area contributed by atoms with Crippen LogP contribution in [0.4, 0.5) is 0 Å². The molecule has 1 saturated heterocycles. The van der Waals surface area contributed by atoms with Crippen molar-refractivity contribution >= 4 is 13.8 Å². The van der Waals surface area contributed by atoms with E-state index in [9.17, 15) is 9.36 Å². The minimum Gasteiger partial charge on any atom is -0.364 e. The molecule has 0 amide bonds. The van der Waals surface area contributed by atoms with E-state index in [0.717, 1.165) is 0 Å².